The van der Waals surface area contributed by atoms with Crippen LogP contribution in [-0.2, 0) is 12.8 Å². The Morgan fingerprint density at radius 2 is 1.37 bits per heavy atom. The monoisotopic (exact) mass is 390 g/mol. The Balaban J connectivity index is 1.41. The van der Waals surface area contributed by atoms with Crippen molar-refractivity contribution in [2.24, 2.45) is 0 Å². The predicted octanol–water partition coefficient (Wildman–Crippen LogP) is 8.05. The number of para-hydroxylation sites is 1. The third-order valence-corrected chi connectivity index (χ3v) is 6.08. The van der Waals surface area contributed by atoms with Gasteiger partial charge in [-0.3, -0.25) is 0 Å². The molecule has 1 nitrogen and oxygen atoms in total. The molecule has 0 saturated heterocycles. The van der Waals surface area contributed by atoms with Gasteiger partial charge in [0, 0.05) is 10.8 Å². The molecule has 0 unspecified atom stereocenters. The highest BCUT2D eigenvalue weighted by molar-refractivity contribution is 6.06. The van der Waals surface area contributed by atoms with Crippen molar-refractivity contribution in [1.29, 1.82) is 0 Å². The summed E-state index contributed by atoms with van der Waals surface area (Å²) in [5.74, 6) is 0. The summed E-state index contributed by atoms with van der Waals surface area (Å²) in [4.78, 5) is 0. The summed E-state index contributed by atoms with van der Waals surface area (Å²) in [6, 6.07) is 30.5. The van der Waals surface area contributed by atoms with Gasteiger partial charge in [-0.1, -0.05) is 78.4 Å². The number of fused-ring (bicyclic) bond motifs is 3. The van der Waals surface area contributed by atoms with Gasteiger partial charge in [0.2, 0.25) is 0 Å². The van der Waals surface area contributed by atoms with E-state index < -0.39 is 0 Å². The number of aryl methyl sites for hydroxylation is 4. The average Bonchev–Trinajstić information content (AvgIpc) is 3.13. The molecule has 0 radical (unpaired) electrons. The van der Waals surface area contributed by atoms with Crippen LogP contribution in [-0.4, -0.2) is 0 Å². The second kappa shape index (κ2) is 7.84. The highest BCUT2D eigenvalue weighted by atomic mass is 16.3. The van der Waals surface area contributed by atoms with Crippen LogP contribution in [0.3, 0.4) is 0 Å². The van der Waals surface area contributed by atoms with Crippen molar-refractivity contribution in [3.05, 3.63) is 107 Å². The molecular weight excluding hydrogens is 364 g/mol. The Hall–Kier alpha value is -3.32. The second-order valence-corrected chi connectivity index (χ2v) is 8.22. The molecular formula is C29H26O. The second-order valence-electron chi connectivity index (χ2n) is 8.22. The first-order valence-electron chi connectivity index (χ1n) is 10.8. The molecule has 0 N–H and O–H groups in total. The van der Waals surface area contributed by atoms with Crippen LogP contribution in [0.2, 0.25) is 0 Å². The van der Waals surface area contributed by atoms with Gasteiger partial charge in [-0.15, -0.1) is 0 Å². The van der Waals surface area contributed by atoms with Gasteiger partial charge in [0.05, 0.1) is 0 Å². The molecule has 0 atom stereocenters. The van der Waals surface area contributed by atoms with Gasteiger partial charge < -0.3 is 4.42 Å². The minimum absolute atomic E-state index is 0.980. The van der Waals surface area contributed by atoms with E-state index in [-0.39, 0.29) is 0 Å². The normalized spacial score (nSPS) is 11.4. The van der Waals surface area contributed by atoms with Gasteiger partial charge in [0.15, 0.2) is 0 Å². The van der Waals surface area contributed by atoms with Crippen LogP contribution in [0.25, 0.3) is 33.1 Å². The predicted molar refractivity (Wildman–Crippen MR) is 127 cm³/mol. The molecule has 0 amide bonds. The van der Waals surface area contributed by atoms with Crippen molar-refractivity contribution in [3.8, 4) is 11.1 Å². The fourth-order valence-corrected chi connectivity index (χ4v) is 4.51. The number of hydrogen-bond donors (Lipinski definition) is 0. The van der Waals surface area contributed by atoms with Crippen molar-refractivity contribution in [2.75, 3.05) is 0 Å². The maximum atomic E-state index is 6.25. The maximum Gasteiger partial charge on any atom is 0.138 e. The van der Waals surface area contributed by atoms with Crippen molar-refractivity contribution in [3.63, 3.8) is 0 Å². The van der Waals surface area contributed by atoms with Crippen LogP contribution in [0.15, 0.2) is 89.3 Å². The Bertz CT molecular complexity index is 1340. The molecule has 4 aromatic carbocycles. The van der Waals surface area contributed by atoms with Crippen LogP contribution in [0.5, 0.6) is 0 Å². The lowest BCUT2D eigenvalue weighted by molar-refractivity contribution is 0.659. The first-order chi connectivity index (χ1) is 14.7. The molecule has 30 heavy (non-hydrogen) atoms. The van der Waals surface area contributed by atoms with E-state index >= 15 is 0 Å². The lowest BCUT2D eigenvalue weighted by Crippen LogP contribution is -1.94. The van der Waals surface area contributed by atoms with E-state index in [1.165, 1.54) is 44.2 Å². The molecule has 0 spiro atoms. The van der Waals surface area contributed by atoms with E-state index in [1.807, 2.05) is 0 Å². The number of furan rings is 1. The summed E-state index contributed by atoms with van der Waals surface area (Å²) in [6.45, 7) is 4.32. The molecule has 5 aromatic rings. The molecule has 0 aliphatic carbocycles. The van der Waals surface area contributed by atoms with E-state index in [0.29, 0.717) is 0 Å². The molecule has 5 rings (SSSR count). The quantitative estimate of drug-likeness (QED) is 0.296. The zero-order chi connectivity index (χ0) is 20.5. The average molecular weight is 391 g/mol. The van der Waals surface area contributed by atoms with Gasteiger partial charge in [-0.2, -0.15) is 0 Å². The first-order valence-corrected chi connectivity index (χ1v) is 10.8. The van der Waals surface area contributed by atoms with Crippen LogP contribution in [0.1, 0.15) is 28.7 Å². The van der Waals surface area contributed by atoms with E-state index in [2.05, 4.69) is 98.8 Å². The van der Waals surface area contributed by atoms with Gasteiger partial charge >= 0.3 is 0 Å². The van der Waals surface area contributed by atoms with Gasteiger partial charge in [-0.25, -0.2) is 0 Å². The standard InChI is InChI=1S/C29H26O/c1-20-17-18-28-27(19-20)26-16-8-13-23(29(26)30-28)12-7-11-22-10-4-6-15-25(22)24-14-5-3-9-21(24)2/h3-6,8-10,13-19H,7,11-12H2,1-2H3. The fourth-order valence-electron chi connectivity index (χ4n) is 4.51. The Kier molecular flexibility index (Phi) is 4.88. The topological polar surface area (TPSA) is 13.1 Å². The zero-order valence-corrected chi connectivity index (χ0v) is 17.6. The van der Waals surface area contributed by atoms with Crippen molar-refractivity contribution >= 4 is 21.9 Å². The summed E-state index contributed by atoms with van der Waals surface area (Å²) < 4.78 is 6.25. The minimum atomic E-state index is 0.980. The Labute approximate surface area is 178 Å². The van der Waals surface area contributed by atoms with Crippen molar-refractivity contribution < 1.29 is 4.42 Å². The van der Waals surface area contributed by atoms with Crippen LogP contribution in [0.4, 0.5) is 0 Å². The molecule has 148 valence electrons. The fraction of sp³-hybridized carbons (Fsp3) is 0.172. The Morgan fingerprint density at radius 1 is 0.633 bits per heavy atom. The van der Waals surface area contributed by atoms with Gasteiger partial charge in [0.1, 0.15) is 11.2 Å². The molecule has 1 heterocycles. The highest BCUT2D eigenvalue weighted by Crippen LogP contribution is 2.33. The summed E-state index contributed by atoms with van der Waals surface area (Å²) in [6.07, 6.45) is 3.16. The SMILES string of the molecule is Cc1ccc2oc3c(CCCc4ccccc4-c4ccccc4C)cccc3c2c1. The lowest BCUT2D eigenvalue weighted by atomic mass is 9.93. The van der Waals surface area contributed by atoms with E-state index in [9.17, 15) is 0 Å². The molecule has 1 aromatic heterocycles. The third-order valence-electron chi connectivity index (χ3n) is 6.08. The molecule has 0 fully saturated rings. The summed E-state index contributed by atoms with van der Waals surface area (Å²) in [5, 5.41) is 2.45. The van der Waals surface area contributed by atoms with Gasteiger partial charge in [0.25, 0.3) is 0 Å². The number of hydrogen-bond acceptors (Lipinski definition) is 1. The molecule has 0 aliphatic rings. The number of rotatable bonds is 5. The highest BCUT2D eigenvalue weighted by Gasteiger charge is 2.12. The van der Waals surface area contributed by atoms with Crippen LogP contribution < -0.4 is 0 Å². The Morgan fingerprint density at radius 3 is 2.23 bits per heavy atom. The lowest BCUT2D eigenvalue weighted by Gasteiger charge is -2.12. The smallest absolute Gasteiger partial charge is 0.138 e. The van der Waals surface area contributed by atoms with E-state index in [0.717, 1.165) is 30.4 Å². The molecule has 0 aliphatic heterocycles. The minimum Gasteiger partial charge on any atom is -0.456 e. The van der Waals surface area contributed by atoms with Gasteiger partial charge in [-0.05, 0) is 73.1 Å². The molecule has 1 heteroatoms. The van der Waals surface area contributed by atoms with E-state index in [4.69, 9.17) is 4.42 Å². The summed E-state index contributed by atoms with van der Waals surface area (Å²) in [5.41, 5.74) is 10.0. The summed E-state index contributed by atoms with van der Waals surface area (Å²) >= 11 is 0. The first kappa shape index (κ1) is 18.7. The van der Waals surface area contributed by atoms with E-state index in [1.54, 1.807) is 0 Å². The van der Waals surface area contributed by atoms with Crippen LogP contribution in [0, 0.1) is 13.8 Å². The maximum absolute atomic E-state index is 6.25. The molecule has 0 bridgehead atoms. The third kappa shape index (κ3) is 3.41. The van der Waals surface area contributed by atoms with Crippen LogP contribution >= 0.6 is 0 Å². The largest absolute Gasteiger partial charge is 0.456 e. The van der Waals surface area contributed by atoms with Crippen molar-refractivity contribution in [1.82, 2.24) is 0 Å². The number of benzene rings is 4. The summed E-state index contributed by atoms with van der Waals surface area (Å²) in [7, 11) is 0. The molecule has 0 saturated carbocycles. The van der Waals surface area contributed by atoms with Crippen molar-refractivity contribution in [2.45, 2.75) is 33.1 Å². The zero-order valence-electron chi connectivity index (χ0n) is 17.6.